The summed E-state index contributed by atoms with van der Waals surface area (Å²) >= 11 is 0. The zero-order chi connectivity index (χ0) is 17.3. The van der Waals surface area contributed by atoms with Crippen LogP contribution in [0.3, 0.4) is 0 Å². The molecule has 1 atom stereocenters. The molecular weight excluding hydrogens is 324 g/mol. The van der Waals surface area contributed by atoms with Gasteiger partial charge in [0.15, 0.2) is 5.82 Å². The van der Waals surface area contributed by atoms with E-state index in [0.29, 0.717) is 16.5 Å². The topological polar surface area (TPSA) is 87.7 Å². The van der Waals surface area contributed by atoms with E-state index in [2.05, 4.69) is 19.9 Å². The molecule has 2 N–H and O–H groups in total. The van der Waals surface area contributed by atoms with Crippen LogP contribution in [0, 0.1) is 12.8 Å². The van der Waals surface area contributed by atoms with Crippen LogP contribution in [0.4, 0.5) is 0 Å². The summed E-state index contributed by atoms with van der Waals surface area (Å²) in [6.45, 7) is 5.70. The molecular formula is C17H24N4O2S. The first-order chi connectivity index (χ1) is 11.4. The minimum atomic E-state index is -3.62. The third-order valence-corrected chi connectivity index (χ3v) is 5.91. The van der Waals surface area contributed by atoms with Crippen LogP contribution in [-0.4, -0.2) is 23.6 Å². The maximum absolute atomic E-state index is 12.8. The van der Waals surface area contributed by atoms with Crippen molar-refractivity contribution in [3.05, 3.63) is 41.0 Å². The molecule has 1 aromatic heterocycles. The van der Waals surface area contributed by atoms with Crippen LogP contribution < -0.4 is 4.72 Å². The van der Waals surface area contributed by atoms with Crippen LogP contribution in [0.2, 0.25) is 0 Å². The van der Waals surface area contributed by atoms with Crippen molar-refractivity contribution in [3.8, 4) is 0 Å². The first kappa shape index (κ1) is 17.1. The molecule has 0 amide bonds. The minimum absolute atomic E-state index is 0.0348. The zero-order valence-electron chi connectivity index (χ0n) is 14.3. The van der Waals surface area contributed by atoms with Gasteiger partial charge in [0.05, 0.1) is 10.9 Å². The molecule has 1 aliphatic carbocycles. The van der Waals surface area contributed by atoms with Gasteiger partial charge in [-0.1, -0.05) is 19.9 Å². The van der Waals surface area contributed by atoms with Crippen LogP contribution in [0.1, 0.15) is 55.5 Å². The molecule has 1 aromatic carbocycles. The fourth-order valence-corrected chi connectivity index (χ4v) is 4.49. The number of benzene rings is 1. The Hall–Kier alpha value is -1.73. The Morgan fingerprint density at radius 2 is 1.88 bits per heavy atom. The summed E-state index contributed by atoms with van der Waals surface area (Å²) in [5, 5.41) is 6.90. The number of aromatic amines is 1. The highest BCUT2D eigenvalue weighted by molar-refractivity contribution is 7.89. The zero-order valence-corrected chi connectivity index (χ0v) is 15.2. The molecule has 0 radical (unpaired) electrons. The van der Waals surface area contributed by atoms with E-state index in [4.69, 9.17) is 0 Å². The summed E-state index contributed by atoms with van der Waals surface area (Å²) in [4.78, 5) is 4.61. The van der Waals surface area contributed by atoms with Crippen LogP contribution in [0.15, 0.2) is 23.1 Å². The van der Waals surface area contributed by atoms with Crippen molar-refractivity contribution in [2.45, 2.75) is 57.4 Å². The first-order valence-electron chi connectivity index (χ1n) is 8.40. The number of aryl methyl sites for hydroxylation is 3. The third kappa shape index (κ3) is 3.52. The van der Waals surface area contributed by atoms with Crippen LogP contribution >= 0.6 is 0 Å². The maximum Gasteiger partial charge on any atom is 0.241 e. The van der Waals surface area contributed by atoms with E-state index in [1.54, 1.807) is 13.0 Å². The third-order valence-electron chi connectivity index (χ3n) is 4.47. The van der Waals surface area contributed by atoms with Crippen molar-refractivity contribution in [1.29, 1.82) is 0 Å². The number of nitrogens with zero attached hydrogens (tertiary/aromatic N) is 2. The van der Waals surface area contributed by atoms with Gasteiger partial charge in [-0.15, -0.1) is 0 Å². The van der Waals surface area contributed by atoms with Gasteiger partial charge >= 0.3 is 0 Å². The first-order valence-corrected chi connectivity index (χ1v) is 9.88. The average Bonchev–Trinajstić information content (AvgIpc) is 2.98. The molecule has 0 spiro atoms. The number of aromatic nitrogens is 3. The lowest BCUT2D eigenvalue weighted by molar-refractivity contribution is 0.445. The van der Waals surface area contributed by atoms with Gasteiger partial charge in [-0.2, -0.15) is 5.10 Å². The lowest BCUT2D eigenvalue weighted by Crippen LogP contribution is -2.32. The second-order valence-corrected chi connectivity index (χ2v) is 8.47. The van der Waals surface area contributed by atoms with Gasteiger partial charge in [0, 0.05) is 0 Å². The molecule has 130 valence electrons. The average molecular weight is 348 g/mol. The summed E-state index contributed by atoms with van der Waals surface area (Å²) in [6, 6.07) is 5.01. The summed E-state index contributed by atoms with van der Waals surface area (Å²) in [7, 11) is -3.62. The summed E-state index contributed by atoms with van der Waals surface area (Å²) in [6.07, 6.45) is 4.28. The monoisotopic (exact) mass is 348 g/mol. The summed E-state index contributed by atoms with van der Waals surface area (Å²) in [5.74, 6) is 1.18. The number of rotatable bonds is 5. The number of H-pyrrole nitrogens is 1. The van der Waals surface area contributed by atoms with Crippen molar-refractivity contribution in [1.82, 2.24) is 19.9 Å². The van der Waals surface area contributed by atoms with Crippen LogP contribution in [-0.2, 0) is 22.9 Å². The SMILES string of the molecule is Cc1nc([C@H](NS(=O)(=O)c2ccc3c(c2)CCCC3)C(C)C)n[nH]1. The van der Waals surface area contributed by atoms with Crippen LogP contribution in [0.25, 0.3) is 0 Å². The van der Waals surface area contributed by atoms with Gasteiger partial charge in [0.25, 0.3) is 0 Å². The molecule has 0 aliphatic heterocycles. The predicted octanol–water partition coefficient (Wildman–Crippen LogP) is 2.67. The van der Waals surface area contributed by atoms with Gasteiger partial charge in [0.1, 0.15) is 5.82 Å². The molecule has 0 fully saturated rings. The molecule has 1 aliphatic rings. The fourth-order valence-electron chi connectivity index (χ4n) is 3.10. The van der Waals surface area contributed by atoms with Crippen molar-refractivity contribution < 1.29 is 8.42 Å². The van der Waals surface area contributed by atoms with E-state index in [9.17, 15) is 8.42 Å². The van der Waals surface area contributed by atoms with Crippen molar-refractivity contribution in [3.63, 3.8) is 0 Å². The van der Waals surface area contributed by atoms with E-state index in [0.717, 1.165) is 24.8 Å². The summed E-state index contributed by atoms with van der Waals surface area (Å²) in [5.41, 5.74) is 2.42. The lowest BCUT2D eigenvalue weighted by atomic mass is 9.92. The smallest absolute Gasteiger partial charge is 0.241 e. The maximum atomic E-state index is 12.8. The Kier molecular flexibility index (Phi) is 4.73. The van der Waals surface area contributed by atoms with Gasteiger partial charge in [0.2, 0.25) is 10.0 Å². The minimum Gasteiger partial charge on any atom is -0.263 e. The van der Waals surface area contributed by atoms with Gasteiger partial charge in [-0.25, -0.2) is 18.1 Å². The van der Waals surface area contributed by atoms with Crippen molar-refractivity contribution in [2.24, 2.45) is 5.92 Å². The molecule has 0 unspecified atom stereocenters. The fraction of sp³-hybridized carbons (Fsp3) is 0.529. The molecule has 24 heavy (non-hydrogen) atoms. The molecule has 2 aromatic rings. The standard InChI is InChI=1S/C17H24N4O2S/c1-11(2)16(17-18-12(3)19-20-17)21-24(22,23)15-9-8-13-6-4-5-7-14(13)10-15/h8-11,16,21H,4-7H2,1-3H3,(H,18,19,20)/t16-/m1/s1. The molecule has 0 saturated carbocycles. The lowest BCUT2D eigenvalue weighted by Gasteiger charge is -2.21. The number of nitrogens with one attached hydrogen (secondary N) is 2. The number of hydrogen-bond acceptors (Lipinski definition) is 4. The molecule has 0 bridgehead atoms. The van der Waals surface area contributed by atoms with Gasteiger partial charge in [-0.3, -0.25) is 5.10 Å². The van der Waals surface area contributed by atoms with E-state index in [1.165, 1.54) is 12.0 Å². The second-order valence-electron chi connectivity index (χ2n) is 6.76. The van der Waals surface area contributed by atoms with E-state index < -0.39 is 16.1 Å². The van der Waals surface area contributed by atoms with Crippen molar-refractivity contribution in [2.75, 3.05) is 0 Å². The van der Waals surface area contributed by atoms with Crippen molar-refractivity contribution >= 4 is 10.0 Å². The Labute approximate surface area is 143 Å². The highest BCUT2D eigenvalue weighted by Gasteiger charge is 2.27. The normalized spacial score (nSPS) is 16.2. The molecule has 1 heterocycles. The Morgan fingerprint density at radius 1 is 1.17 bits per heavy atom. The van der Waals surface area contributed by atoms with E-state index >= 15 is 0 Å². The largest absolute Gasteiger partial charge is 0.263 e. The summed E-state index contributed by atoms with van der Waals surface area (Å²) < 4.78 is 28.4. The molecule has 7 heteroatoms. The van der Waals surface area contributed by atoms with E-state index in [1.807, 2.05) is 26.0 Å². The van der Waals surface area contributed by atoms with Crippen LogP contribution in [0.5, 0.6) is 0 Å². The number of sulfonamides is 1. The quantitative estimate of drug-likeness (QED) is 0.869. The van der Waals surface area contributed by atoms with Gasteiger partial charge in [-0.05, 0) is 61.8 Å². The highest BCUT2D eigenvalue weighted by Crippen LogP contribution is 2.26. The Balaban J connectivity index is 1.89. The molecule has 0 saturated heterocycles. The number of hydrogen-bond donors (Lipinski definition) is 2. The second kappa shape index (κ2) is 6.64. The predicted molar refractivity (Wildman–Crippen MR) is 92.1 cm³/mol. The Morgan fingerprint density at radius 3 is 2.50 bits per heavy atom. The number of fused-ring (bicyclic) bond motifs is 1. The molecule has 6 nitrogen and oxygen atoms in total. The van der Waals surface area contributed by atoms with E-state index in [-0.39, 0.29) is 5.92 Å². The highest BCUT2D eigenvalue weighted by atomic mass is 32.2. The molecule has 3 rings (SSSR count). The Bertz CT molecular complexity index is 827. The van der Waals surface area contributed by atoms with Gasteiger partial charge < -0.3 is 0 Å².